The van der Waals surface area contributed by atoms with Crippen molar-refractivity contribution in [2.45, 2.75) is 45.7 Å². The first-order valence-corrected chi connectivity index (χ1v) is 6.83. The molecular formula is C13H20N4S. The molecule has 98 valence electrons. The Morgan fingerprint density at radius 3 is 2.78 bits per heavy atom. The van der Waals surface area contributed by atoms with Crippen LogP contribution in [0.15, 0.2) is 24.9 Å². The first-order valence-electron chi connectivity index (χ1n) is 6.42. The number of nitrogens with one attached hydrogen (secondary N) is 1. The first kappa shape index (κ1) is 13.1. The van der Waals surface area contributed by atoms with Crippen molar-refractivity contribution in [2.75, 3.05) is 0 Å². The van der Waals surface area contributed by atoms with Crippen LogP contribution in [-0.4, -0.2) is 19.1 Å². The number of H-pyrrole nitrogens is 1. The molecule has 0 bridgehead atoms. The molecule has 18 heavy (non-hydrogen) atoms. The Hall–Kier alpha value is -1.36. The third-order valence-corrected chi connectivity index (χ3v) is 3.44. The Bertz CT molecular complexity index is 521. The van der Waals surface area contributed by atoms with Gasteiger partial charge in [-0.2, -0.15) is 0 Å². The van der Waals surface area contributed by atoms with Gasteiger partial charge < -0.3 is 14.1 Å². The van der Waals surface area contributed by atoms with E-state index in [9.17, 15) is 0 Å². The summed E-state index contributed by atoms with van der Waals surface area (Å²) in [4.78, 5) is 7.17. The van der Waals surface area contributed by atoms with E-state index < -0.39 is 0 Å². The van der Waals surface area contributed by atoms with Crippen LogP contribution in [0.5, 0.6) is 0 Å². The zero-order valence-electron chi connectivity index (χ0n) is 11.0. The van der Waals surface area contributed by atoms with Gasteiger partial charge in [0, 0.05) is 37.4 Å². The summed E-state index contributed by atoms with van der Waals surface area (Å²) in [7, 11) is 0. The highest BCUT2D eigenvalue weighted by atomic mass is 32.1. The van der Waals surface area contributed by atoms with Crippen molar-refractivity contribution in [2.24, 2.45) is 0 Å². The molecule has 0 atom stereocenters. The second-order valence-electron chi connectivity index (χ2n) is 4.83. The van der Waals surface area contributed by atoms with E-state index in [0.29, 0.717) is 5.92 Å². The van der Waals surface area contributed by atoms with Crippen molar-refractivity contribution in [3.05, 3.63) is 35.4 Å². The molecular weight excluding hydrogens is 244 g/mol. The molecule has 0 amide bonds. The Morgan fingerprint density at radius 2 is 2.11 bits per heavy atom. The summed E-state index contributed by atoms with van der Waals surface area (Å²) in [6.45, 7) is 6.40. The van der Waals surface area contributed by atoms with E-state index in [1.54, 1.807) is 0 Å². The lowest BCUT2D eigenvalue weighted by molar-refractivity contribution is 0.533. The topological polar surface area (TPSA) is 38.5 Å². The van der Waals surface area contributed by atoms with Gasteiger partial charge in [0.2, 0.25) is 0 Å². The second-order valence-corrected chi connectivity index (χ2v) is 5.22. The van der Waals surface area contributed by atoms with Crippen LogP contribution >= 0.6 is 12.2 Å². The number of hydrogen-bond acceptors (Lipinski definition) is 2. The van der Waals surface area contributed by atoms with Gasteiger partial charge in [0.1, 0.15) is 0 Å². The number of aromatic nitrogens is 4. The van der Waals surface area contributed by atoms with E-state index in [4.69, 9.17) is 12.2 Å². The molecule has 1 N–H and O–H groups in total. The van der Waals surface area contributed by atoms with Crippen LogP contribution in [0.25, 0.3) is 0 Å². The van der Waals surface area contributed by atoms with E-state index in [0.717, 1.165) is 30.7 Å². The fourth-order valence-electron chi connectivity index (χ4n) is 2.10. The predicted octanol–water partition coefficient (Wildman–Crippen LogP) is 3.35. The van der Waals surface area contributed by atoms with E-state index in [1.807, 2.05) is 24.9 Å². The fourth-order valence-corrected chi connectivity index (χ4v) is 2.36. The van der Waals surface area contributed by atoms with Gasteiger partial charge in [-0.05, 0) is 31.0 Å². The number of imidazole rings is 2. The summed E-state index contributed by atoms with van der Waals surface area (Å²) in [5.41, 5.74) is 1.29. The molecule has 2 rings (SSSR count). The zero-order chi connectivity index (χ0) is 13.0. The van der Waals surface area contributed by atoms with Crippen LogP contribution in [0.2, 0.25) is 0 Å². The average molecular weight is 264 g/mol. The number of aryl methyl sites for hydroxylation is 1. The minimum atomic E-state index is 0.506. The number of hydrogen-bond donors (Lipinski definition) is 1. The van der Waals surface area contributed by atoms with Gasteiger partial charge in [0.25, 0.3) is 0 Å². The van der Waals surface area contributed by atoms with E-state index >= 15 is 0 Å². The molecule has 4 nitrogen and oxygen atoms in total. The van der Waals surface area contributed by atoms with Gasteiger partial charge in [0.15, 0.2) is 4.77 Å². The summed E-state index contributed by atoms with van der Waals surface area (Å²) < 4.78 is 5.16. The lowest BCUT2D eigenvalue weighted by Crippen LogP contribution is -2.06. The highest BCUT2D eigenvalue weighted by Gasteiger charge is 2.07. The maximum atomic E-state index is 5.31. The second kappa shape index (κ2) is 6.00. The summed E-state index contributed by atoms with van der Waals surface area (Å²) in [6, 6.07) is 0. The molecule has 0 radical (unpaired) electrons. The largest absolute Gasteiger partial charge is 0.337 e. The lowest BCUT2D eigenvalue weighted by Gasteiger charge is -2.10. The monoisotopic (exact) mass is 264 g/mol. The predicted molar refractivity (Wildman–Crippen MR) is 75.2 cm³/mol. The van der Waals surface area contributed by atoms with E-state index in [1.165, 1.54) is 5.69 Å². The highest BCUT2D eigenvalue weighted by molar-refractivity contribution is 7.71. The van der Waals surface area contributed by atoms with Crippen molar-refractivity contribution >= 4 is 12.2 Å². The quantitative estimate of drug-likeness (QED) is 0.642. The third kappa shape index (κ3) is 3.10. The summed E-state index contributed by atoms with van der Waals surface area (Å²) >= 11 is 5.31. The summed E-state index contributed by atoms with van der Waals surface area (Å²) in [5.74, 6) is 0.506. The van der Waals surface area contributed by atoms with Crippen molar-refractivity contribution < 1.29 is 0 Å². The average Bonchev–Trinajstić information content (AvgIpc) is 2.94. The van der Waals surface area contributed by atoms with E-state index in [-0.39, 0.29) is 0 Å². The van der Waals surface area contributed by atoms with Gasteiger partial charge in [-0.1, -0.05) is 13.8 Å². The summed E-state index contributed by atoms with van der Waals surface area (Å²) in [5, 5.41) is 0. The first-order chi connectivity index (χ1) is 8.68. The molecule has 5 heteroatoms. The standard InChI is InChI=1S/C13H20N4S/c1-11(2)12-9-15-13(18)17(12)7-4-3-6-16-8-5-14-10-16/h5,8-11H,3-4,6-7H2,1-2H3,(H,15,18). The molecule has 0 aromatic carbocycles. The molecule has 2 heterocycles. The highest BCUT2D eigenvalue weighted by Crippen LogP contribution is 2.15. The van der Waals surface area contributed by atoms with Crippen LogP contribution in [0.3, 0.4) is 0 Å². The molecule has 0 aliphatic rings. The van der Waals surface area contributed by atoms with Crippen LogP contribution in [0.1, 0.15) is 38.3 Å². The fraction of sp³-hybridized carbons (Fsp3) is 0.538. The minimum absolute atomic E-state index is 0.506. The Morgan fingerprint density at radius 1 is 1.33 bits per heavy atom. The van der Waals surface area contributed by atoms with Crippen molar-refractivity contribution in [3.8, 4) is 0 Å². The Balaban J connectivity index is 1.86. The van der Waals surface area contributed by atoms with Gasteiger partial charge in [-0.25, -0.2) is 4.98 Å². The zero-order valence-corrected chi connectivity index (χ0v) is 11.8. The number of unbranched alkanes of at least 4 members (excludes halogenated alkanes) is 1. The lowest BCUT2D eigenvalue weighted by atomic mass is 10.1. The molecule has 0 saturated carbocycles. The maximum absolute atomic E-state index is 5.31. The van der Waals surface area contributed by atoms with Crippen molar-refractivity contribution in [1.82, 2.24) is 19.1 Å². The van der Waals surface area contributed by atoms with Crippen LogP contribution in [-0.2, 0) is 13.1 Å². The van der Waals surface area contributed by atoms with Crippen molar-refractivity contribution in [3.63, 3.8) is 0 Å². The van der Waals surface area contributed by atoms with Gasteiger partial charge >= 0.3 is 0 Å². The Labute approximate surface area is 113 Å². The molecule has 0 spiro atoms. The van der Waals surface area contributed by atoms with Crippen LogP contribution in [0.4, 0.5) is 0 Å². The third-order valence-electron chi connectivity index (χ3n) is 3.10. The van der Waals surface area contributed by atoms with Gasteiger partial charge in [-0.3, -0.25) is 0 Å². The van der Waals surface area contributed by atoms with E-state index in [2.05, 4.69) is 32.9 Å². The molecule has 2 aromatic rings. The Kier molecular flexibility index (Phi) is 4.36. The molecule has 2 aromatic heterocycles. The van der Waals surface area contributed by atoms with Gasteiger partial charge in [0.05, 0.1) is 6.33 Å². The maximum Gasteiger partial charge on any atom is 0.177 e. The van der Waals surface area contributed by atoms with Crippen molar-refractivity contribution in [1.29, 1.82) is 0 Å². The smallest absolute Gasteiger partial charge is 0.177 e. The number of nitrogens with zero attached hydrogens (tertiary/aromatic N) is 3. The number of aromatic amines is 1. The normalized spacial score (nSPS) is 11.3. The molecule has 0 aliphatic heterocycles. The molecule has 0 unspecified atom stereocenters. The van der Waals surface area contributed by atoms with Gasteiger partial charge in [-0.15, -0.1) is 0 Å². The SMILES string of the molecule is CC(C)c1c[nH]c(=S)n1CCCCn1ccnc1. The van der Waals surface area contributed by atoms with Crippen LogP contribution < -0.4 is 0 Å². The summed E-state index contributed by atoms with van der Waals surface area (Å²) in [6.07, 6.45) is 9.98. The molecule has 0 saturated heterocycles. The number of rotatable bonds is 6. The minimum Gasteiger partial charge on any atom is -0.337 e. The molecule has 0 fully saturated rings. The molecule has 0 aliphatic carbocycles. The van der Waals surface area contributed by atoms with Crippen LogP contribution in [0, 0.1) is 4.77 Å².